The van der Waals surface area contributed by atoms with Crippen molar-refractivity contribution >= 4 is 16.3 Å². The quantitative estimate of drug-likeness (QED) is 0.593. The summed E-state index contributed by atoms with van der Waals surface area (Å²) in [7, 11) is 0. The average Bonchev–Trinajstić information content (AvgIpc) is 2.53. The van der Waals surface area contributed by atoms with E-state index in [9.17, 15) is 8.78 Å². The van der Waals surface area contributed by atoms with Crippen molar-refractivity contribution in [3.05, 3.63) is 64.2 Å². The maximum absolute atomic E-state index is 13.6. The first kappa shape index (κ1) is 13.7. The summed E-state index contributed by atoms with van der Waals surface area (Å²) in [5.74, 6) is 0. The molecule has 2 heteroatoms. The molecule has 0 spiro atoms. The summed E-state index contributed by atoms with van der Waals surface area (Å²) in [4.78, 5) is 0. The highest BCUT2D eigenvalue weighted by Crippen LogP contribution is 2.42. The Labute approximate surface area is 129 Å². The van der Waals surface area contributed by atoms with E-state index in [2.05, 4.69) is 18.2 Å². The fraction of sp³-hybridized carbons (Fsp3) is 0.300. The first-order chi connectivity index (χ1) is 10.6. The van der Waals surface area contributed by atoms with Crippen LogP contribution in [-0.2, 0) is 6.42 Å². The molecule has 2 aromatic rings. The number of fused-ring (bicyclic) bond motifs is 4. The summed E-state index contributed by atoms with van der Waals surface area (Å²) in [6.07, 6.45) is 6.04. The van der Waals surface area contributed by atoms with Gasteiger partial charge in [-0.3, -0.25) is 0 Å². The van der Waals surface area contributed by atoms with Gasteiger partial charge in [-0.2, -0.15) is 0 Å². The van der Waals surface area contributed by atoms with E-state index in [-0.39, 0.29) is 5.56 Å². The fourth-order valence-corrected chi connectivity index (χ4v) is 3.94. The molecule has 0 aliphatic heterocycles. The Morgan fingerprint density at radius 2 is 1.91 bits per heavy atom. The fourth-order valence-electron chi connectivity index (χ4n) is 3.94. The van der Waals surface area contributed by atoms with Crippen LogP contribution in [0.1, 0.15) is 47.9 Å². The van der Waals surface area contributed by atoms with Crippen LogP contribution in [0.3, 0.4) is 0 Å². The molecule has 0 aromatic heterocycles. The van der Waals surface area contributed by atoms with E-state index >= 15 is 0 Å². The van der Waals surface area contributed by atoms with Crippen LogP contribution in [0.25, 0.3) is 16.3 Å². The van der Waals surface area contributed by atoms with E-state index in [0.717, 1.165) is 53.1 Å². The number of aryl methyl sites for hydroxylation is 2. The largest absolute Gasteiger partial charge is 0.264 e. The van der Waals surface area contributed by atoms with Gasteiger partial charge in [-0.1, -0.05) is 41.5 Å². The summed E-state index contributed by atoms with van der Waals surface area (Å²) in [6, 6.07) is 7.79. The Balaban J connectivity index is 2.05. The lowest BCUT2D eigenvalue weighted by Crippen LogP contribution is -2.08. The van der Waals surface area contributed by atoms with Crippen molar-refractivity contribution in [3.63, 3.8) is 0 Å². The lowest BCUT2D eigenvalue weighted by atomic mass is 9.79. The van der Waals surface area contributed by atoms with E-state index in [1.54, 1.807) is 6.07 Å². The van der Waals surface area contributed by atoms with Gasteiger partial charge in [0, 0.05) is 5.56 Å². The molecule has 0 nitrogen and oxygen atoms in total. The zero-order valence-corrected chi connectivity index (χ0v) is 12.6. The molecule has 112 valence electrons. The maximum atomic E-state index is 13.6. The highest BCUT2D eigenvalue weighted by atomic mass is 19.3. The molecular formula is C20H18F2. The molecule has 0 amide bonds. The first-order valence-corrected chi connectivity index (χ1v) is 7.88. The SMILES string of the molecule is Cc1cc(C(F)F)c2c3c(ccc2c1)C1=C(CCC=C1)CC3. The van der Waals surface area contributed by atoms with Gasteiger partial charge in [-0.05, 0) is 66.1 Å². The van der Waals surface area contributed by atoms with Crippen LogP contribution in [0.4, 0.5) is 8.78 Å². The molecule has 0 atom stereocenters. The van der Waals surface area contributed by atoms with Gasteiger partial charge >= 0.3 is 0 Å². The molecule has 2 aliphatic rings. The zero-order chi connectivity index (χ0) is 15.3. The van der Waals surface area contributed by atoms with Crippen molar-refractivity contribution in [2.24, 2.45) is 0 Å². The lowest BCUT2D eigenvalue weighted by molar-refractivity contribution is 0.153. The smallest absolute Gasteiger partial charge is 0.205 e. The molecule has 0 radical (unpaired) electrons. The molecule has 2 aliphatic carbocycles. The van der Waals surface area contributed by atoms with Crippen molar-refractivity contribution < 1.29 is 8.78 Å². The molecule has 0 saturated carbocycles. The number of benzene rings is 2. The zero-order valence-electron chi connectivity index (χ0n) is 12.6. The van der Waals surface area contributed by atoms with Crippen LogP contribution >= 0.6 is 0 Å². The number of hydrogen-bond donors (Lipinski definition) is 0. The van der Waals surface area contributed by atoms with Gasteiger partial charge in [0.2, 0.25) is 0 Å². The van der Waals surface area contributed by atoms with Crippen LogP contribution < -0.4 is 0 Å². The number of halogens is 2. The van der Waals surface area contributed by atoms with Gasteiger partial charge < -0.3 is 0 Å². The molecule has 2 aromatic carbocycles. The molecule has 22 heavy (non-hydrogen) atoms. The molecule has 0 heterocycles. The van der Waals surface area contributed by atoms with Crippen molar-refractivity contribution in [3.8, 4) is 0 Å². The summed E-state index contributed by atoms with van der Waals surface area (Å²) in [5, 5.41) is 1.72. The summed E-state index contributed by atoms with van der Waals surface area (Å²) in [6.45, 7) is 1.88. The van der Waals surface area contributed by atoms with E-state index in [0.29, 0.717) is 0 Å². The minimum atomic E-state index is -2.42. The minimum absolute atomic E-state index is 0.190. The third-order valence-corrected chi connectivity index (χ3v) is 4.88. The average molecular weight is 296 g/mol. The summed E-state index contributed by atoms with van der Waals surface area (Å²) < 4.78 is 27.1. The second kappa shape index (κ2) is 5.05. The molecule has 0 N–H and O–H groups in total. The van der Waals surface area contributed by atoms with Gasteiger partial charge in [-0.15, -0.1) is 0 Å². The standard InChI is InChI=1S/C20H18F2/c1-12-10-14-7-8-16-15-5-3-2-4-13(15)6-9-17(16)19(14)18(11-12)20(21)22/h3,5,7-8,10-11,20H,2,4,6,9H2,1H3. The Bertz CT molecular complexity index is 825. The molecule has 0 bridgehead atoms. The van der Waals surface area contributed by atoms with Crippen LogP contribution in [0.15, 0.2) is 42.0 Å². The summed E-state index contributed by atoms with van der Waals surface area (Å²) in [5.41, 5.74) is 6.12. The number of alkyl halides is 2. The van der Waals surface area contributed by atoms with E-state index in [4.69, 9.17) is 0 Å². The molecular weight excluding hydrogens is 278 g/mol. The first-order valence-electron chi connectivity index (χ1n) is 7.88. The third kappa shape index (κ3) is 2.01. The lowest BCUT2D eigenvalue weighted by Gasteiger charge is -2.26. The van der Waals surface area contributed by atoms with Crippen molar-refractivity contribution in [2.45, 2.75) is 39.0 Å². The van der Waals surface area contributed by atoms with Gasteiger partial charge in [0.15, 0.2) is 0 Å². The van der Waals surface area contributed by atoms with Gasteiger partial charge in [-0.25, -0.2) is 8.78 Å². The van der Waals surface area contributed by atoms with Crippen molar-refractivity contribution in [2.75, 3.05) is 0 Å². The number of rotatable bonds is 1. The normalized spacial score (nSPS) is 17.1. The predicted molar refractivity (Wildman–Crippen MR) is 87.3 cm³/mol. The second-order valence-electron chi connectivity index (χ2n) is 6.30. The third-order valence-electron chi connectivity index (χ3n) is 4.88. The van der Waals surface area contributed by atoms with Crippen LogP contribution in [0.5, 0.6) is 0 Å². The van der Waals surface area contributed by atoms with Crippen LogP contribution in [-0.4, -0.2) is 0 Å². The Morgan fingerprint density at radius 1 is 1.05 bits per heavy atom. The highest BCUT2D eigenvalue weighted by Gasteiger charge is 2.23. The van der Waals surface area contributed by atoms with E-state index in [1.165, 1.54) is 11.1 Å². The van der Waals surface area contributed by atoms with Crippen LogP contribution in [0.2, 0.25) is 0 Å². The predicted octanol–water partition coefficient (Wildman–Crippen LogP) is 6.14. The molecule has 0 fully saturated rings. The van der Waals surface area contributed by atoms with Gasteiger partial charge in [0.25, 0.3) is 6.43 Å². The minimum Gasteiger partial charge on any atom is -0.205 e. The van der Waals surface area contributed by atoms with Crippen molar-refractivity contribution in [1.82, 2.24) is 0 Å². The topological polar surface area (TPSA) is 0 Å². The second-order valence-corrected chi connectivity index (χ2v) is 6.30. The number of allylic oxidation sites excluding steroid dienone is 4. The van der Waals surface area contributed by atoms with E-state index < -0.39 is 6.43 Å². The Kier molecular flexibility index (Phi) is 3.14. The van der Waals surface area contributed by atoms with E-state index in [1.807, 2.05) is 19.1 Å². The molecule has 0 unspecified atom stereocenters. The Morgan fingerprint density at radius 3 is 2.73 bits per heavy atom. The molecule has 0 saturated heterocycles. The highest BCUT2D eigenvalue weighted by molar-refractivity contribution is 5.96. The maximum Gasteiger partial charge on any atom is 0.264 e. The van der Waals surface area contributed by atoms with Gasteiger partial charge in [0.05, 0.1) is 0 Å². The Hall–Kier alpha value is -1.96. The van der Waals surface area contributed by atoms with Crippen molar-refractivity contribution in [1.29, 1.82) is 0 Å². The monoisotopic (exact) mass is 296 g/mol. The van der Waals surface area contributed by atoms with Crippen LogP contribution in [0, 0.1) is 6.92 Å². The summed E-state index contributed by atoms with van der Waals surface area (Å²) >= 11 is 0. The molecule has 4 rings (SSSR count). The van der Waals surface area contributed by atoms with Gasteiger partial charge in [0.1, 0.15) is 0 Å². The number of hydrogen-bond acceptors (Lipinski definition) is 0.